The van der Waals surface area contributed by atoms with Gasteiger partial charge in [-0.2, -0.15) is 0 Å². The maximum Gasteiger partial charge on any atom is 0.319 e. The topological polar surface area (TPSA) is 101 Å². The van der Waals surface area contributed by atoms with E-state index in [4.69, 9.17) is 5.14 Å². The lowest BCUT2D eigenvalue weighted by molar-refractivity contribution is 0.252. The Morgan fingerprint density at radius 2 is 1.77 bits per heavy atom. The van der Waals surface area contributed by atoms with Gasteiger partial charge in [-0.1, -0.05) is 36.4 Å². The summed E-state index contributed by atoms with van der Waals surface area (Å²) >= 11 is 0. The van der Waals surface area contributed by atoms with Crippen LogP contribution < -0.4 is 15.8 Å². The van der Waals surface area contributed by atoms with Crippen molar-refractivity contribution in [3.05, 3.63) is 60.2 Å². The predicted octanol–water partition coefficient (Wildman–Crippen LogP) is 1.70. The lowest BCUT2D eigenvalue weighted by atomic mass is 10.1. The quantitative estimate of drug-likeness (QED) is 0.781. The molecule has 0 aliphatic carbocycles. The molecule has 22 heavy (non-hydrogen) atoms. The highest BCUT2D eigenvalue weighted by Gasteiger charge is 2.09. The number of primary sulfonamides is 1. The number of urea groups is 1. The Labute approximate surface area is 129 Å². The number of carbonyl (C=O) groups is 1. The molecule has 0 spiro atoms. The first-order valence-electron chi connectivity index (χ1n) is 6.67. The largest absolute Gasteiger partial charge is 0.338 e. The van der Waals surface area contributed by atoms with E-state index >= 15 is 0 Å². The Balaban J connectivity index is 1.87. The molecule has 0 heterocycles. The van der Waals surface area contributed by atoms with Crippen molar-refractivity contribution in [1.29, 1.82) is 0 Å². The monoisotopic (exact) mass is 319 g/mol. The third kappa shape index (κ3) is 4.87. The maximum atomic E-state index is 11.8. The molecule has 0 aliphatic rings. The zero-order valence-electron chi connectivity index (χ0n) is 11.8. The highest BCUT2D eigenvalue weighted by atomic mass is 32.2. The lowest BCUT2D eigenvalue weighted by Gasteiger charge is -2.08. The molecular weight excluding hydrogens is 302 g/mol. The molecule has 0 bridgehead atoms. The summed E-state index contributed by atoms with van der Waals surface area (Å²) in [6.45, 7) is 0.477. The van der Waals surface area contributed by atoms with Gasteiger partial charge in [0.15, 0.2) is 0 Å². The van der Waals surface area contributed by atoms with Crippen LogP contribution in [0.4, 0.5) is 10.5 Å². The van der Waals surface area contributed by atoms with Crippen LogP contribution in [-0.2, 0) is 16.4 Å². The molecule has 2 rings (SSSR count). The zero-order chi connectivity index (χ0) is 16.0. The van der Waals surface area contributed by atoms with Crippen molar-refractivity contribution in [3.63, 3.8) is 0 Å². The summed E-state index contributed by atoms with van der Waals surface area (Å²) in [5.74, 6) is 0. The van der Waals surface area contributed by atoms with Gasteiger partial charge in [0.05, 0.1) is 4.90 Å². The van der Waals surface area contributed by atoms with Gasteiger partial charge in [0, 0.05) is 12.2 Å². The average Bonchev–Trinajstić information content (AvgIpc) is 2.48. The van der Waals surface area contributed by atoms with Gasteiger partial charge in [-0.15, -0.1) is 0 Å². The summed E-state index contributed by atoms with van der Waals surface area (Å²) < 4.78 is 22.5. The van der Waals surface area contributed by atoms with Gasteiger partial charge in [-0.25, -0.2) is 18.4 Å². The van der Waals surface area contributed by atoms with Crippen molar-refractivity contribution in [2.75, 3.05) is 11.9 Å². The fourth-order valence-corrected chi connectivity index (χ4v) is 2.45. The van der Waals surface area contributed by atoms with Crippen molar-refractivity contribution >= 4 is 21.7 Å². The normalized spacial score (nSPS) is 11.0. The third-order valence-corrected chi connectivity index (χ3v) is 3.87. The molecule has 0 radical (unpaired) electrons. The zero-order valence-corrected chi connectivity index (χ0v) is 12.6. The standard InChI is InChI=1S/C15H17N3O3S/c16-22(20,21)14-8-4-7-13(11-14)18-15(19)17-10-9-12-5-2-1-3-6-12/h1-8,11H,9-10H2,(H2,16,20,21)(H2,17,18,19). The molecule has 7 heteroatoms. The van der Waals surface area contributed by atoms with Crippen molar-refractivity contribution in [2.24, 2.45) is 5.14 Å². The summed E-state index contributed by atoms with van der Waals surface area (Å²) in [6, 6.07) is 15.2. The Bertz CT molecular complexity index is 746. The van der Waals surface area contributed by atoms with Crippen LogP contribution in [-0.4, -0.2) is 21.0 Å². The number of carbonyl (C=O) groups excluding carboxylic acids is 1. The smallest absolute Gasteiger partial charge is 0.319 e. The molecular formula is C15H17N3O3S. The molecule has 6 nitrogen and oxygen atoms in total. The van der Waals surface area contributed by atoms with Crippen LogP contribution in [0.1, 0.15) is 5.56 Å². The second-order valence-corrected chi connectivity index (χ2v) is 6.25. The summed E-state index contributed by atoms with van der Waals surface area (Å²) in [5, 5.41) is 10.3. The fraction of sp³-hybridized carbons (Fsp3) is 0.133. The molecule has 4 N–H and O–H groups in total. The van der Waals surface area contributed by atoms with Gasteiger partial charge in [0.1, 0.15) is 0 Å². The molecule has 116 valence electrons. The number of amides is 2. The molecule has 2 aromatic carbocycles. The Morgan fingerprint density at radius 3 is 2.45 bits per heavy atom. The Kier molecular flexibility index (Phi) is 5.13. The van der Waals surface area contributed by atoms with Crippen LogP contribution in [0.15, 0.2) is 59.5 Å². The van der Waals surface area contributed by atoms with Crippen LogP contribution in [0, 0.1) is 0 Å². The molecule has 0 unspecified atom stereocenters. The average molecular weight is 319 g/mol. The second-order valence-electron chi connectivity index (χ2n) is 4.69. The molecule has 0 aliphatic heterocycles. The van der Waals surface area contributed by atoms with E-state index in [2.05, 4.69) is 10.6 Å². The third-order valence-electron chi connectivity index (χ3n) is 2.96. The van der Waals surface area contributed by atoms with Gasteiger partial charge < -0.3 is 10.6 Å². The first-order valence-corrected chi connectivity index (χ1v) is 8.21. The van der Waals surface area contributed by atoms with Gasteiger partial charge in [-0.3, -0.25) is 0 Å². The summed E-state index contributed by atoms with van der Waals surface area (Å²) in [4.78, 5) is 11.7. The highest BCUT2D eigenvalue weighted by Crippen LogP contribution is 2.13. The SMILES string of the molecule is NS(=O)(=O)c1cccc(NC(=O)NCCc2ccccc2)c1. The summed E-state index contributed by atoms with van der Waals surface area (Å²) in [5.41, 5.74) is 1.49. The molecule has 0 fully saturated rings. The van der Waals surface area contributed by atoms with Crippen LogP contribution in [0.5, 0.6) is 0 Å². The predicted molar refractivity (Wildman–Crippen MR) is 85.0 cm³/mol. The summed E-state index contributed by atoms with van der Waals surface area (Å²) in [6.07, 6.45) is 0.714. The number of hydrogen-bond acceptors (Lipinski definition) is 3. The van der Waals surface area contributed by atoms with Gasteiger partial charge in [0.25, 0.3) is 0 Å². The minimum absolute atomic E-state index is 0.0467. The van der Waals surface area contributed by atoms with Gasteiger partial charge in [-0.05, 0) is 30.2 Å². The fourth-order valence-electron chi connectivity index (χ4n) is 1.89. The van der Waals surface area contributed by atoms with Crippen molar-refractivity contribution in [1.82, 2.24) is 5.32 Å². The van der Waals surface area contributed by atoms with Gasteiger partial charge >= 0.3 is 6.03 Å². The van der Waals surface area contributed by atoms with E-state index in [1.54, 1.807) is 6.07 Å². The number of nitrogens with one attached hydrogen (secondary N) is 2. The number of sulfonamides is 1. The number of anilines is 1. The highest BCUT2D eigenvalue weighted by molar-refractivity contribution is 7.89. The molecule has 0 atom stereocenters. The first kappa shape index (κ1) is 16.0. The van der Waals surface area contributed by atoms with E-state index in [0.717, 1.165) is 5.56 Å². The van der Waals surface area contributed by atoms with E-state index < -0.39 is 16.1 Å². The number of benzene rings is 2. The minimum Gasteiger partial charge on any atom is -0.338 e. The minimum atomic E-state index is -3.79. The van der Waals surface area contributed by atoms with E-state index in [0.29, 0.717) is 18.7 Å². The molecule has 0 saturated carbocycles. The van der Waals surface area contributed by atoms with Crippen molar-refractivity contribution in [2.45, 2.75) is 11.3 Å². The van der Waals surface area contributed by atoms with Crippen molar-refractivity contribution < 1.29 is 13.2 Å². The second kappa shape index (κ2) is 7.06. The van der Waals surface area contributed by atoms with Crippen LogP contribution in [0.3, 0.4) is 0 Å². The van der Waals surface area contributed by atoms with Crippen LogP contribution in [0.2, 0.25) is 0 Å². The number of hydrogen-bond donors (Lipinski definition) is 3. The van der Waals surface area contributed by atoms with E-state index in [1.807, 2.05) is 30.3 Å². The lowest BCUT2D eigenvalue weighted by Crippen LogP contribution is -2.30. The Hall–Kier alpha value is -2.38. The van der Waals surface area contributed by atoms with E-state index in [1.165, 1.54) is 18.2 Å². The maximum absolute atomic E-state index is 11.8. The Morgan fingerprint density at radius 1 is 1.05 bits per heavy atom. The van der Waals surface area contributed by atoms with Crippen LogP contribution in [0.25, 0.3) is 0 Å². The van der Waals surface area contributed by atoms with Crippen molar-refractivity contribution in [3.8, 4) is 0 Å². The summed E-state index contributed by atoms with van der Waals surface area (Å²) in [7, 11) is -3.79. The number of nitrogens with two attached hydrogens (primary N) is 1. The first-order chi connectivity index (χ1) is 10.4. The molecule has 2 amide bonds. The molecule has 2 aromatic rings. The van der Waals surface area contributed by atoms with Crippen LogP contribution >= 0.6 is 0 Å². The van der Waals surface area contributed by atoms with E-state index in [-0.39, 0.29) is 4.90 Å². The van der Waals surface area contributed by atoms with Gasteiger partial charge in [0.2, 0.25) is 10.0 Å². The molecule has 0 saturated heterocycles. The molecule has 0 aromatic heterocycles. The van der Waals surface area contributed by atoms with E-state index in [9.17, 15) is 13.2 Å². The number of rotatable bonds is 5.